The number of hydrogen-bond donors (Lipinski definition) is 0. The largest absolute Gasteiger partial charge is 0.322 e. The Morgan fingerprint density at radius 3 is 2.70 bits per heavy atom. The molecule has 0 spiro atoms. The van der Waals surface area contributed by atoms with Crippen molar-refractivity contribution in [2.75, 3.05) is 12.3 Å². The van der Waals surface area contributed by atoms with Crippen LogP contribution in [-0.4, -0.2) is 23.1 Å². The molecule has 1 unspecified atom stereocenters. The van der Waals surface area contributed by atoms with Gasteiger partial charge in [0.2, 0.25) is 5.91 Å². The van der Waals surface area contributed by atoms with E-state index in [1.54, 1.807) is 11.0 Å². The summed E-state index contributed by atoms with van der Waals surface area (Å²) in [7, 11) is 0. The van der Waals surface area contributed by atoms with Crippen LogP contribution < -0.4 is 0 Å². The van der Waals surface area contributed by atoms with Crippen molar-refractivity contribution in [1.82, 2.24) is 4.90 Å². The van der Waals surface area contributed by atoms with E-state index in [1.165, 1.54) is 30.0 Å². The molecule has 23 heavy (non-hydrogen) atoms. The number of carbonyl (C=O) groups excluding carboxylic acids is 1. The van der Waals surface area contributed by atoms with Crippen LogP contribution in [0.25, 0.3) is 6.08 Å². The molecule has 2 aromatic rings. The highest BCUT2D eigenvalue weighted by Gasteiger charge is 2.31. The van der Waals surface area contributed by atoms with Crippen LogP contribution in [-0.2, 0) is 4.79 Å². The quantitative estimate of drug-likeness (QED) is 0.784. The summed E-state index contributed by atoms with van der Waals surface area (Å²) in [6.07, 6.45) is 3.24. The molecule has 1 heterocycles. The van der Waals surface area contributed by atoms with Gasteiger partial charge in [-0.25, -0.2) is 8.78 Å². The average molecular weight is 331 g/mol. The molecule has 118 valence electrons. The summed E-state index contributed by atoms with van der Waals surface area (Å²) in [6, 6.07) is 13.0. The van der Waals surface area contributed by atoms with E-state index in [9.17, 15) is 13.6 Å². The van der Waals surface area contributed by atoms with Crippen LogP contribution in [0.2, 0.25) is 0 Å². The van der Waals surface area contributed by atoms with Crippen molar-refractivity contribution < 1.29 is 13.6 Å². The number of rotatable bonds is 3. The lowest BCUT2D eigenvalue weighted by molar-refractivity contribution is -0.126. The van der Waals surface area contributed by atoms with Gasteiger partial charge in [0.15, 0.2) is 0 Å². The summed E-state index contributed by atoms with van der Waals surface area (Å²) in [5.41, 5.74) is 1.27. The molecular formula is C18H15F2NOS. The maximum atomic E-state index is 14.0. The van der Waals surface area contributed by atoms with E-state index >= 15 is 0 Å². The molecule has 2 aromatic carbocycles. The van der Waals surface area contributed by atoms with Gasteiger partial charge in [0, 0.05) is 30.0 Å². The number of halogens is 2. The monoisotopic (exact) mass is 331 g/mol. The fourth-order valence-corrected chi connectivity index (χ4v) is 3.77. The Morgan fingerprint density at radius 1 is 1.17 bits per heavy atom. The summed E-state index contributed by atoms with van der Waals surface area (Å²) < 4.78 is 27.0. The topological polar surface area (TPSA) is 20.3 Å². The van der Waals surface area contributed by atoms with Gasteiger partial charge in [-0.2, -0.15) is 0 Å². The van der Waals surface area contributed by atoms with Gasteiger partial charge in [0.25, 0.3) is 0 Å². The molecule has 1 amide bonds. The van der Waals surface area contributed by atoms with Crippen molar-refractivity contribution in [1.29, 1.82) is 0 Å². The first-order chi connectivity index (χ1) is 11.1. The normalized spacial score (nSPS) is 17.8. The fraction of sp³-hybridized carbons (Fsp3) is 0.167. The second-order valence-electron chi connectivity index (χ2n) is 5.16. The zero-order chi connectivity index (χ0) is 16.2. The van der Waals surface area contributed by atoms with Gasteiger partial charge in [0.05, 0.1) is 0 Å². The maximum Gasteiger partial charge on any atom is 0.247 e. The van der Waals surface area contributed by atoms with Gasteiger partial charge >= 0.3 is 0 Å². The number of thioether (sulfide) groups is 1. The first kappa shape index (κ1) is 15.7. The predicted octanol–water partition coefficient (Wildman–Crippen LogP) is 4.25. The zero-order valence-corrected chi connectivity index (χ0v) is 13.1. The second-order valence-corrected chi connectivity index (χ2v) is 6.35. The molecule has 0 saturated carbocycles. The smallest absolute Gasteiger partial charge is 0.247 e. The number of amides is 1. The lowest BCUT2D eigenvalue weighted by Gasteiger charge is -2.23. The first-order valence-corrected chi connectivity index (χ1v) is 8.30. The highest BCUT2D eigenvalue weighted by molar-refractivity contribution is 7.99. The first-order valence-electron chi connectivity index (χ1n) is 7.25. The Morgan fingerprint density at radius 2 is 1.96 bits per heavy atom. The number of nitrogens with zero attached hydrogens (tertiary/aromatic N) is 1. The molecule has 1 fully saturated rings. The van der Waals surface area contributed by atoms with Gasteiger partial charge in [-0.15, -0.1) is 11.8 Å². The van der Waals surface area contributed by atoms with Crippen molar-refractivity contribution in [3.63, 3.8) is 0 Å². The number of carbonyl (C=O) groups is 1. The molecule has 1 saturated heterocycles. The van der Waals surface area contributed by atoms with E-state index in [4.69, 9.17) is 0 Å². The molecule has 5 heteroatoms. The van der Waals surface area contributed by atoms with Gasteiger partial charge in [-0.05, 0) is 17.7 Å². The standard InChI is InChI=1S/C18H15F2NOS/c19-14-7-8-15(16(20)12-14)18-21(10-11-23-18)17(22)9-6-13-4-2-1-3-5-13/h1-9,12,18H,10-11H2/b9-6+. The Bertz CT molecular complexity index is 733. The number of hydrogen-bond acceptors (Lipinski definition) is 2. The molecular weight excluding hydrogens is 316 g/mol. The van der Waals surface area contributed by atoms with Gasteiger partial charge in [0.1, 0.15) is 17.0 Å². The minimum absolute atomic E-state index is 0.174. The molecule has 3 rings (SSSR count). The van der Waals surface area contributed by atoms with Crippen LogP contribution in [0.3, 0.4) is 0 Å². The minimum atomic E-state index is -0.616. The fourth-order valence-electron chi connectivity index (χ4n) is 2.48. The van der Waals surface area contributed by atoms with Gasteiger partial charge in [-0.1, -0.05) is 36.4 Å². The molecule has 0 bridgehead atoms. The van der Waals surface area contributed by atoms with Crippen LogP contribution in [0.5, 0.6) is 0 Å². The summed E-state index contributed by atoms with van der Waals surface area (Å²) in [5.74, 6) is -0.676. The molecule has 0 aromatic heterocycles. The average Bonchev–Trinajstić information content (AvgIpc) is 3.03. The highest BCUT2D eigenvalue weighted by atomic mass is 32.2. The van der Waals surface area contributed by atoms with Crippen molar-refractivity contribution in [3.8, 4) is 0 Å². The second kappa shape index (κ2) is 6.96. The highest BCUT2D eigenvalue weighted by Crippen LogP contribution is 2.39. The summed E-state index contributed by atoms with van der Waals surface area (Å²) in [4.78, 5) is 14.0. The van der Waals surface area contributed by atoms with E-state index in [0.717, 1.165) is 17.4 Å². The minimum Gasteiger partial charge on any atom is -0.322 e. The summed E-state index contributed by atoms with van der Waals surface area (Å²) in [5, 5.41) is -0.413. The van der Waals surface area contributed by atoms with Crippen molar-refractivity contribution in [2.45, 2.75) is 5.37 Å². The summed E-state index contributed by atoms with van der Waals surface area (Å²) >= 11 is 1.48. The van der Waals surface area contributed by atoms with E-state index in [2.05, 4.69) is 0 Å². The van der Waals surface area contributed by atoms with Crippen LogP contribution in [0.1, 0.15) is 16.5 Å². The third-order valence-electron chi connectivity index (χ3n) is 3.62. The van der Waals surface area contributed by atoms with E-state index in [-0.39, 0.29) is 5.91 Å². The van der Waals surface area contributed by atoms with Gasteiger partial charge in [-0.3, -0.25) is 4.79 Å². The van der Waals surface area contributed by atoms with Crippen LogP contribution in [0.15, 0.2) is 54.6 Å². The molecule has 1 aliphatic heterocycles. The summed E-state index contributed by atoms with van der Waals surface area (Å²) in [6.45, 7) is 0.546. The predicted molar refractivity (Wildman–Crippen MR) is 88.7 cm³/mol. The van der Waals surface area contributed by atoms with Crippen molar-refractivity contribution in [2.24, 2.45) is 0 Å². The SMILES string of the molecule is O=C(/C=C/c1ccccc1)N1CCSC1c1ccc(F)cc1F. The third-order valence-corrected chi connectivity index (χ3v) is 4.86. The number of benzene rings is 2. The lowest BCUT2D eigenvalue weighted by Crippen LogP contribution is -2.29. The molecule has 0 N–H and O–H groups in total. The third kappa shape index (κ3) is 3.62. The van der Waals surface area contributed by atoms with E-state index < -0.39 is 17.0 Å². The van der Waals surface area contributed by atoms with E-state index in [0.29, 0.717) is 12.1 Å². The Hall–Kier alpha value is -2.14. The van der Waals surface area contributed by atoms with Crippen LogP contribution >= 0.6 is 11.8 Å². The van der Waals surface area contributed by atoms with E-state index in [1.807, 2.05) is 30.3 Å². The van der Waals surface area contributed by atoms with Crippen LogP contribution in [0, 0.1) is 11.6 Å². The molecule has 0 aliphatic carbocycles. The Labute approximate surface area is 137 Å². The van der Waals surface area contributed by atoms with Crippen molar-refractivity contribution >= 4 is 23.7 Å². The molecule has 1 aliphatic rings. The van der Waals surface area contributed by atoms with Crippen LogP contribution in [0.4, 0.5) is 8.78 Å². The van der Waals surface area contributed by atoms with Gasteiger partial charge < -0.3 is 4.90 Å². The molecule has 0 radical (unpaired) electrons. The Kier molecular flexibility index (Phi) is 4.76. The zero-order valence-electron chi connectivity index (χ0n) is 12.3. The van der Waals surface area contributed by atoms with Crippen molar-refractivity contribution in [3.05, 3.63) is 77.4 Å². The molecule has 2 nitrogen and oxygen atoms in total. The molecule has 1 atom stereocenters. The maximum absolute atomic E-state index is 14.0. The Balaban J connectivity index is 1.78. The lowest BCUT2D eigenvalue weighted by atomic mass is 10.1.